The minimum absolute atomic E-state index is 0.234. The molecule has 1 aliphatic rings. The molecule has 102 valence electrons. The maximum absolute atomic E-state index is 11.5. The van der Waals surface area contributed by atoms with Gasteiger partial charge in [-0.25, -0.2) is 13.2 Å². The zero-order valence-corrected chi connectivity index (χ0v) is 11.8. The van der Waals surface area contributed by atoms with Gasteiger partial charge in [-0.15, -0.1) is 0 Å². The van der Waals surface area contributed by atoms with Crippen LogP contribution in [0.15, 0.2) is 29.7 Å². The van der Waals surface area contributed by atoms with Gasteiger partial charge in [-0.2, -0.15) is 0 Å². The molecular weight excluding hydrogens is 313 g/mol. The number of halogens is 2. The smallest absolute Gasteiger partial charge is 0.412 e. The summed E-state index contributed by atoms with van der Waals surface area (Å²) in [7, 11) is -3.25. The maximum atomic E-state index is 11.5. The van der Waals surface area contributed by atoms with Gasteiger partial charge < -0.3 is 4.74 Å². The number of nitrogens with one attached hydrogen (secondary N) is 1. The van der Waals surface area contributed by atoms with E-state index in [4.69, 9.17) is 27.9 Å². The van der Waals surface area contributed by atoms with E-state index in [2.05, 4.69) is 5.32 Å². The van der Waals surface area contributed by atoms with Crippen LogP contribution in [0.5, 0.6) is 0 Å². The highest BCUT2D eigenvalue weighted by molar-refractivity contribution is 7.94. The first-order valence-corrected chi connectivity index (χ1v) is 7.66. The van der Waals surface area contributed by atoms with E-state index >= 15 is 0 Å². The van der Waals surface area contributed by atoms with Crippen molar-refractivity contribution in [3.8, 4) is 0 Å². The lowest BCUT2D eigenvalue weighted by atomic mass is 10.3. The third-order valence-electron chi connectivity index (χ3n) is 2.32. The lowest BCUT2D eigenvalue weighted by molar-refractivity contribution is 0.144. The first kappa shape index (κ1) is 14.2. The Bertz CT molecular complexity index is 642. The molecule has 1 unspecified atom stereocenters. The van der Waals surface area contributed by atoms with E-state index in [9.17, 15) is 13.2 Å². The lowest BCUT2D eigenvalue weighted by Crippen LogP contribution is -2.23. The second-order valence-electron chi connectivity index (χ2n) is 3.86. The van der Waals surface area contributed by atoms with Gasteiger partial charge >= 0.3 is 6.09 Å². The standard InChI is InChI=1S/C11H9Cl2NO4S/c12-9-2-1-7(5-10(9)13)14-11(15)18-8-3-4-19(16,17)6-8/h1-5,8H,6H2,(H,14,15). The highest BCUT2D eigenvalue weighted by atomic mass is 35.5. The van der Waals surface area contributed by atoms with Crippen molar-refractivity contribution in [1.82, 2.24) is 0 Å². The Morgan fingerprint density at radius 3 is 2.63 bits per heavy atom. The van der Waals surface area contributed by atoms with E-state index in [1.165, 1.54) is 18.2 Å². The predicted octanol–water partition coefficient (Wildman–Crippen LogP) is 2.85. The minimum atomic E-state index is -3.25. The molecule has 0 radical (unpaired) electrons. The molecule has 0 bridgehead atoms. The minimum Gasteiger partial charge on any atom is -0.441 e. The zero-order valence-electron chi connectivity index (χ0n) is 9.47. The second-order valence-corrected chi connectivity index (χ2v) is 6.60. The Morgan fingerprint density at radius 2 is 2.05 bits per heavy atom. The molecule has 5 nitrogen and oxygen atoms in total. The van der Waals surface area contributed by atoms with Crippen molar-refractivity contribution >= 4 is 44.8 Å². The first-order valence-electron chi connectivity index (χ1n) is 5.19. The molecule has 1 atom stereocenters. The summed E-state index contributed by atoms with van der Waals surface area (Å²) >= 11 is 11.5. The van der Waals surface area contributed by atoms with Crippen LogP contribution in [0.2, 0.25) is 10.0 Å². The van der Waals surface area contributed by atoms with Crippen LogP contribution in [0.1, 0.15) is 0 Å². The van der Waals surface area contributed by atoms with E-state index in [0.29, 0.717) is 15.7 Å². The van der Waals surface area contributed by atoms with Crippen LogP contribution >= 0.6 is 23.2 Å². The van der Waals surface area contributed by atoms with Gasteiger partial charge in [-0.05, 0) is 24.3 Å². The molecule has 8 heteroatoms. The Balaban J connectivity index is 1.95. The highest BCUT2D eigenvalue weighted by Crippen LogP contribution is 2.25. The van der Waals surface area contributed by atoms with Crippen LogP contribution in [0.25, 0.3) is 0 Å². The monoisotopic (exact) mass is 321 g/mol. The fourth-order valence-electron chi connectivity index (χ4n) is 1.48. The van der Waals surface area contributed by atoms with Crippen molar-refractivity contribution in [2.75, 3.05) is 11.1 Å². The van der Waals surface area contributed by atoms with E-state index in [0.717, 1.165) is 5.41 Å². The van der Waals surface area contributed by atoms with E-state index < -0.39 is 22.0 Å². The summed E-state index contributed by atoms with van der Waals surface area (Å²) in [5.74, 6) is -0.234. The molecule has 0 fully saturated rings. The molecule has 1 aliphatic heterocycles. The Morgan fingerprint density at radius 1 is 1.32 bits per heavy atom. The normalized spacial score (nSPS) is 20.2. The number of benzene rings is 1. The number of amides is 1. The van der Waals surface area contributed by atoms with Gasteiger partial charge in [-0.3, -0.25) is 5.32 Å². The number of rotatable bonds is 2. The van der Waals surface area contributed by atoms with Crippen LogP contribution in [0, 0.1) is 0 Å². The molecule has 0 aromatic heterocycles. The van der Waals surface area contributed by atoms with Gasteiger partial charge in [0.2, 0.25) is 0 Å². The van der Waals surface area contributed by atoms with Crippen molar-refractivity contribution in [1.29, 1.82) is 0 Å². The van der Waals surface area contributed by atoms with Crippen molar-refractivity contribution in [3.05, 3.63) is 39.7 Å². The molecule has 1 amide bonds. The number of sulfone groups is 1. The number of hydrogen-bond donors (Lipinski definition) is 1. The summed E-state index contributed by atoms with van der Waals surface area (Å²) in [6.07, 6.45) is -0.207. The maximum Gasteiger partial charge on any atom is 0.412 e. The number of carbonyl (C=O) groups is 1. The Hall–Kier alpha value is -1.24. The average Bonchev–Trinajstić information content (AvgIpc) is 2.63. The summed E-state index contributed by atoms with van der Waals surface area (Å²) in [5, 5.41) is 4.12. The lowest BCUT2D eigenvalue weighted by Gasteiger charge is -2.11. The first-order chi connectivity index (χ1) is 8.85. The van der Waals surface area contributed by atoms with Crippen molar-refractivity contribution in [3.63, 3.8) is 0 Å². The summed E-state index contributed by atoms with van der Waals surface area (Å²) in [6, 6.07) is 4.54. The predicted molar refractivity (Wildman–Crippen MR) is 73.3 cm³/mol. The van der Waals surface area contributed by atoms with Gasteiger partial charge in [0.25, 0.3) is 0 Å². The number of hydrogen-bond acceptors (Lipinski definition) is 4. The molecule has 0 spiro atoms. The molecule has 0 saturated carbocycles. The molecule has 1 heterocycles. The van der Waals surface area contributed by atoms with Crippen LogP contribution < -0.4 is 5.32 Å². The quantitative estimate of drug-likeness (QED) is 0.909. The largest absolute Gasteiger partial charge is 0.441 e. The molecule has 1 N–H and O–H groups in total. The van der Waals surface area contributed by atoms with Crippen LogP contribution in [-0.4, -0.2) is 26.4 Å². The topological polar surface area (TPSA) is 72.5 Å². The SMILES string of the molecule is O=C(Nc1ccc(Cl)c(Cl)c1)OC1C=CS(=O)(=O)C1. The summed E-state index contributed by atoms with van der Waals surface area (Å²) in [4.78, 5) is 11.5. The van der Waals surface area contributed by atoms with Gasteiger partial charge in [0.15, 0.2) is 9.84 Å². The van der Waals surface area contributed by atoms with Crippen molar-refractivity contribution < 1.29 is 17.9 Å². The molecule has 0 aliphatic carbocycles. The van der Waals surface area contributed by atoms with Crippen molar-refractivity contribution in [2.45, 2.75) is 6.10 Å². The van der Waals surface area contributed by atoms with Crippen LogP contribution in [0.4, 0.5) is 10.5 Å². The third kappa shape index (κ3) is 3.86. The van der Waals surface area contributed by atoms with E-state index in [-0.39, 0.29) is 5.75 Å². The average molecular weight is 322 g/mol. The van der Waals surface area contributed by atoms with Crippen LogP contribution in [-0.2, 0) is 14.6 Å². The molecule has 2 rings (SSSR count). The van der Waals surface area contributed by atoms with E-state index in [1.807, 2.05) is 0 Å². The third-order valence-corrected chi connectivity index (χ3v) is 4.43. The van der Waals surface area contributed by atoms with E-state index in [1.54, 1.807) is 6.07 Å². The molecule has 1 aromatic carbocycles. The molecule has 1 aromatic rings. The second kappa shape index (κ2) is 5.40. The van der Waals surface area contributed by atoms with Gasteiger partial charge in [-0.1, -0.05) is 23.2 Å². The Kier molecular flexibility index (Phi) is 4.03. The van der Waals surface area contributed by atoms with Crippen LogP contribution in [0.3, 0.4) is 0 Å². The molecular formula is C11H9Cl2NO4S. The fourth-order valence-corrected chi connectivity index (χ4v) is 2.94. The number of ether oxygens (including phenoxy) is 1. The van der Waals surface area contributed by atoms with Gasteiger partial charge in [0.1, 0.15) is 6.10 Å². The van der Waals surface area contributed by atoms with Crippen molar-refractivity contribution in [2.24, 2.45) is 0 Å². The van der Waals surface area contributed by atoms with Gasteiger partial charge in [0.05, 0.1) is 15.8 Å². The zero-order chi connectivity index (χ0) is 14.0. The summed E-state index contributed by atoms with van der Waals surface area (Å²) < 4.78 is 27.2. The molecule has 0 saturated heterocycles. The number of anilines is 1. The summed E-state index contributed by atoms with van der Waals surface area (Å²) in [6.45, 7) is 0. The number of carbonyl (C=O) groups excluding carboxylic acids is 1. The highest BCUT2D eigenvalue weighted by Gasteiger charge is 2.24. The summed E-state index contributed by atoms with van der Waals surface area (Å²) in [5.41, 5.74) is 0.407. The Labute approximate surface area is 120 Å². The van der Waals surface area contributed by atoms with Gasteiger partial charge in [0, 0.05) is 11.1 Å². The molecule has 19 heavy (non-hydrogen) atoms. The fraction of sp³-hybridized carbons (Fsp3) is 0.182.